The molecule has 5 nitrogen and oxygen atoms in total. The lowest BCUT2D eigenvalue weighted by molar-refractivity contribution is -0.137. The molecule has 31 heavy (non-hydrogen) atoms. The monoisotopic (exact) mass is 428 g/mol. The quantitative estimate of drug-likeness (QED) is 0.545. The summed E-state index contributed by atoms with van der Waals surface area (Å²) in [5.74, 6) is -0.485. The highest BCUT2D eigenvalue weighted by atomic mass is 19.4. The van der Waals surface area contributed by atoms with Gasteiger partial charge in [0, 0.05) is 18.2 Å². The number of hydrogen-bond donors (Lipinski definition) is 2. The number of para-hydroxylation sites is 1. The Morgan fingerprint density at radius 3 is 2.19 bits per heavy atom. The molecule has 0 aliphatic carbocycles. The molecule has 2 N–H and O–H groups in total. The second kappa shape index (κ2) is 9.34. The third-order valence-corrected chi connectivity index (χ3v) is 4.26. The van der Waals surface area contributed by atoms with Crippen LogP contribution < -0.4 is 15.4 Å². The zero-order valence-corrected chi connectivity index (χ0v) is 16.5. The molecule has 0 saturated heterocycles. The fraction of sp³-hybridized carbons (Fsp3) is 0.130. The molecule has 0 radical (unpaired) electrons. The number of amides is 2. The van der Waals surface area contributed by atoms with E-state index in [2.05, 4.69) is 10.6 Å². The molecular weight excluding hydrogens is 409 g/mol. The summed E-state index contributed by atoms with van der Waals surface area (Å²) in [5.41, 5.74) is -0.470. The number of benzene rings is 3. The maximum atomic E-state index is 13.4. The first-order valence-corrected chi connectivity index (χ1v) is 9.29. The second-order valence-electron chi connectivity index (χ2n) is 6.69. The van der Waals surface area contributed by atoms with Gasteiger partial charge in [0.2, 0.25) is 5.91 Å². The van der Waals surface area contributed by atoms with Gasteiger partial charge in [0.1, 0.15) is 12.4 Å². The minimum Gasteiger partial charge on any atom is -0.489 e. The van der Waals surface area contributed by atoms with Crippen molar-refractivity contribution in [3.63, 3.8) is 0 Å². The normalized spacial score (nSPS) is 11.0. The standard InChI is InChI=1S/C23H19F3N2O3/c1-15(29)27-18-11-12-21(20(13-18)23(24,25)26)28-22(30)17-9-7-16(8-10-17)14-31-19-5-3-2-4-6-19/h2-13H,14H2,1H3,(H,27,29)(H,28,30). The summed E-state index contributed by atoms with van der Waals surface area (Å²) in [6.07, 6.45) is -4.71. The molecule has 0 aliphatic heterocycles. The fourth-order valence-electron chi connectivity index (χ4n) is 2.80. The van der Waals surface area contributed by atoms with Crippen LogP contribution in [0.25, 0.3) is 0 Å². The van der Waals surface area contributed by atoms with Gasteiger partial charge in [-0.3, -0.25) is 9.59 Å². The Hall–Kier alpha value is -3.81. The van der Waals surface area contributed by atoms with Gasteiger partial charge in [0.05, 0.1) is 11.3 Å². The van der Waals surface area contributed by atoms with Crippen molar-refractivity contribution in [3.8, 4) is 5.75 Å². The van der Waals surface area contributed by atoms with Gasteiger partial charge in [-0.15, -0.1) is 0 Å². The van der Waals surface area contributed by atoms with Crippen LogP contribution in [0.1, 0.15) is 28.4 Å². The van der Waals surface area contributed by atoms with Crippen molar-refractivity contribution in [2.75, 3.05) is 10.6 Å². The van der Waals surface area contributed by atoms with Crippen LogP contribution >= 0.6 is 0 Å². The van der Waals surface area contributed by atoms with Crippen molar-refractivity contribution in [1.82, 2.24) is 0 Å². The molecule has 3 aromatic rings. The molecule has 2 amide bonds. The van der Waals surface area contributed by atoms with Crippen LogP contribution in [0.4, 0.5) is 24.5 Å². The Morgan fingerprint density at radius 1 is 0.903 bits per heavy atom. The summed E-state index contributed by atoms with van der Waals surface area (Å²) < 4.78 is 45.9. The van der Waals surface area contributed by atoms with Gasteiger partial charge in [-0.2, -0.15) is 13.2 Å². The van der Waals surface area contributed by atoms with Crippen molar-refractivity contribution in [3.05, 3.63) is 89.5 Å². The van der Waals surface area contributed by atoms with Crippen LogP contribution in [0.15, 0.2) is 72.8 Å². The highest BCUT2D eigenvalue weighted by Gasteiger charge is 2.34. The van der Waals surface area contributed by atoms with Crippen LogP contribution in [0.5, 0.6) is 5.75 Å². The molecule has 3 aromatic carbocycles. The van der Waals surface area contributed by atoms with E-state index in [1.165, 1.54) is 25.1 Å². The largest absolute Gasteiger partial charge is 0.489 e. The Balaban J connectivity index is 1.71. The number of carbonyl (C=O) groups excluding carboxylic acids is 2. The van der Waals surface area contributed by atoms with Crippen LogP contribution in [0, 0.1) is 0 Å². The van der Waals surface area contributed by atoms with Crippen LogP contribution in [-0.4, -0.2) is 11.8 Å². The van der Waals surface area contributed by atoms with Crippen LogP contribution in [-0.2, 0) is 17.6 Å². The van der Waals surface area contributed by atoms with Crippen LogP contribution in [0.3, 0.4) is 0 Å². The summed E-state index contributed by atoms with van der Waals surface area (Å²) in [5, 5.41) is 4.58. The summed E-state index contributed by atoms with van der Waals surface area (Å²) in [6.45, 7) is 1.48. The van der Waals surface area contributed by atoms with Gasteiger partial charge >= 0.3 is 6.18 Å². The lowest BCUT2D eigenvalue weighted by Crippen LogP contribution is -2.17. The molecule has 3 rings (SSSR count). The molecule has 0 saturated carbocycles. The molecule has 0 atom stereocenters. The first kappa shape index (κ1) is 21.9. The van der Waals surface area contributed by atoms with E-state index in [4.69, 9.17) is 4.74 Å². The SMILES string of the molecule is CC(=O)Nc1ccc(NC(=O)c2ccc(COc3ccccc3)cc2)c(C(F)(F)F)c1. The van der Waals surface area contributed by atoms with Crippen molar-refractivity contribution in [1.29, 1.82) is 0 Å². The lowest BCUT2D eigenvalue weighted by Gasteiger charge is -2.15. The van der Waals surface area contributed by atoms with Gasteiger partial charge in [0.25, 0.3) is 5.91 Å². The molecular formula is C23H19F3N2O3. The fourth-order valence-corrected chi connectivity index (χ4v) is 2.80. The molecule has 0 unspecified atom stereocenters. The van der Waals surface area contributed by atoms with E-state index >= 15 is 0 Å². The van der Waals surface area contributed by atoms with Gasteiger partial charge in [-0.05, 0) is 48.0 Å². The van der Waals surface area contributed by atoms with E-state index in [1.54, 1.807) is 12.1 Å². The molecule has 0 aromatic heterocycles. The van der Waals surface area contributed by atoms with Gasteiger partial charge in [0.15, 0.2) is 0 Å². The number of rotatable bonds is 6. The Kier molecular flexibility index (Phi) is 6.59. The minimum absolute atomic E-state index is 0.0133. The zero-order valence-electron chi connectivity index (χ0n) is 16.5. The molecule has 8 heteroatoms. The second-order valence-corrected chi connectivity index (χ2v) is 6.69. The summed E-state index contributed by atoms with van der Waals surface area (Å²) in [4.78, 5) is 23.6. The molecule has 160 valence electrons. The van der Waals surface area contributed by atoms with Gasteiger partial charge in [-0.25, -0.2) is 0 Å². The number of hydrogen-bond acceptors (Lipinski definition) is 3. The third kappa shape index (κ3) is 6.08. The van der Waals surface area contributed by atoms with E-state index in [0.29, 0.717) is 5.75 Å². The van der Waals surface area contributed by atoms with Crippen LogP contribution in [0.2, 0.25) is 0 Å². The Morgan fingerprint density at radius 2 is 1.58 bits per heavy atom. The molecule has 0 fully saturated rings. The summed E-state index contributed by atoms with van der Waals surface area (Å²) >= 11 is 0. The average molecular weight is 428 g/mol. The molecule has 0 aliphatic rings. The van der Waals surface area contributed by atoms with E-state index in [1.807, 2.05) is 30.3 Å². The predicted molar refractivity (Wildman–Crippen MR) is 111 cm³/mol. The number of halogens is 3. The third-order valence-electron chi connectivity index (χ3n) is 4.26. The maximum absolute atomic E-state index is 13.4. The lowest BCUT2D eigenvalue weighted by atomic mass is 10.1. The van der Waals surface area contributed by atoms with Crippen molar-refractivity contribution in [2.24, 2.45) is 0 Å². The Labute approximate surface area is 176 Å². The smallest absolute Gasteiger partial charge is 0.418 e. The van der Waals surface area contributed by atoms with E-state index in [0.717, 1.165) is 17.7 Å². The van der Waals surface area contributed by atoms with E-state index in [9.17, 15) is 22.8 Å². The number of carbonyl (C=O) groups is 2. The number of anilines is 2. The number of ether oxygens (including phenoxy) is 1. The highest BCUT2D eigenvalue weighted by molar-refractivity contribution is 6.05. The molecule has 0 heterocycles. The Bertz CT molecular complexity index is 1070. The highest BCUT2D eigenvalue weighted by Crippen LogP contribution is 2.36. The van der Waals surface area contributed by atoms with Gasteiger partial charge in [-0.1, -0.05) is 30.3 Å². The summed E-state index contributed by atoms with van der Waals surface area (Å²) in [7, 11) is 0. The first-order valence-electron chi connectivity index (χ1n) is 9.29. The topological polar surface area (TPSA) is 67.4 Å². The zero-order chi connectivity index (χ0) is 22.4. The maximum Gasteiger partial charge on any atom is 0.418 e. The van der Waals surface area contributed by atoms with Crippen molar-refractivity contribution < 1.29 is 27.5 Å². The number of nitrogens with one attached hydrogen (secondary N) is 2. The summed E-state index contributed by atoms with van der Waals surface area (Å²) in [6, 6.07) is 18.7. The van der Waals surface area contributed by atoms with E-state index in [-0.39, 0.29) is 17.9 Å². The van der Waals surface area contributed by atoms with E-state index < -0.39 is 29.2 Å². The predicted octanol–water partition coefficient (Wildman–Crippen LogP) is 5.50. The van der Waals surface area contributed by atoms with Crippen molar-refractivity contribution >= 4 is 23.2 Å². The molecule has 0 spiro atoms. The van der Waals surface area contributed by atoms with Gasteiger partial charge < -0.3 is 15.4 Å². The molecule has 0 bridgehead atoms. The number of alkyl halides is 3. The minimum atomic E-state index is -4.71. The average Bonchev–Trinajstić information content (AvgIpc) is 2.73. The first-order chi connectivity index (χ1) is 14.7. The van der Waals surface area contributed by atoms with Crippen molar-refractivity contribution in [2.45, 2.75) is 19.7 Å².